The van der Waals surface area contributed by atoms with Gasteiger partial charge in [-0.05, 0) is 42.8 Å². The molecule has 1 nitrogen and oxygen atoms in total. The zero-order valence-corrected chi connectivity index (χ0v) is 18.9. The predicted octanol–water partition coefficient (Wildman–Crippen LogP) is 7.80. The van der Waals surface area contributed by atoms with Crippen molar-refractivity contribution in [1.29, 1.82) is 5.26 Å². The lowest BCUT2D eigenvalue weighted by Gasteiger charge is -2.38. The number of rotatable bonds is 11. The summed E-state index contributed by atoms with van der Waals surface area (Å²) in [5.74, 6) is 3.58. The molecule has 0 aromatic rings. The van der Waals surface area contributed by atoms with E-state index in [9.17, 15) is 0 Å². The Hall–Kier alpha value is -0.993. The number of hydrogen-bond donors (Lipinski definition) is 0. The molecule has 0 aromatic heterocycles. The maximum Gasteiger partial charge on any atom is 0.145 e. The molecule has 25 heavy (non-hydrogen) atoms. The van der Waals surface area contributed by atoms with E-state index in [0.29, 0.717) is 0 Å². The molecular weight excluding hydrogens is 318 g/mol. The van der Waals surface area contributed by atoms with Gasteiger partial charge in [0.15, 0.2) is 0 Å². The Morgan fingerprint density at radius 3 is 1.80 bits per heavy atom. The summed E-state index contributed by atoms with van der Waals surface area (Å²) in [7, 11) is -1.52. The van der Waals surface area contributed by atoms with Crippen molar-refractivity contribution >= 4 is 8.07 Å². The predicted molar refractivity (Wildman–Crippen MR) is 115 cm³/mol. The molecule has 0 aliphatic heterocycles. The Bertz CT molecular complexity index is 461. The standard InChI is InChI=1S/C23H41NSi/c1-20(2)25(21(3)4,22(5)6)19-15-13-11-9-8-10-12-14-16-23(7)17-18-24/h17,20-22H,8-14,16H2,1-7H3/b23-17+. The minimum absolute atomic E-state index is 0.735. The van der Waals surface area contributed by atoms with Crippen LogP contribution in [0.1, 0.15) is 99.8 Å². The van der Waals surface area contributed by atoms with Crippen LogP contribution < -0.4 is 0 Å². The number of nitriles is 1. The highest BCUT2D eigenvalue weighted by molar-refractivity contribution is 6.90. The van der Waals surface area contributed by atoms with Crippen LogP contribution in [0.15, 0.2) is 11.6 Å². The van der Waals surface area contributed by atoms with Gasteiger partial charge in [0.25, 0.3) is 0 Å². The van der Waals surface area contributed by atoms with E-state index in [0.717, 1.165) is 29.5 Å². The molecule has 0 N–H and O–H groups in total. The fraction of sp³-hybridized carbons (Fsp3) is 0.783. The van der Waals surface area contributed by atoms with Crippen LogP contribution in [0.4, 0.5) is 0 Å². The number of allylic oxidation sites excluding steroid dienone is 2. The molecule has 142 valence electrons. The van der Waals surface area contributed by atoms with Gasteiger partial charge in [-0.3, -0.25) is 0 Å². The Kier molecular flexibility index (Phi) is 12.7. The van der Waals surface area contributed by atoms with Gasteiger partial charge in [-0.2, -0.15) is 5.26 Å². The minimum Gasteiger partial charge on any atom is -0.193 e. The van der Waals surface area contributed by atoms with E-state index in [1.165, 1.54) is 44.1 Å². The van der Waals surface area contributed by atoms with E-state index < -0.39 is 8.07 Å². The monoisotopic (exact) mass is 359 g/mol. The summed E-state index contributed by atoms with van der Waals surface area (Å²) in [5, 5.41) is 8.59. The molecule has 0 heterocycles. The van der Waals surface area contributed by atoms with Crippen LogP contribution in [0.2, 0.25) is 16.6 Å². The van der Waals surface area contributed by atoms with Gasteiger partial charge in [-0.1, -0.05) is 72.8 Å². The quantitative estimate of drug-likeness (QED) is 0.160. The molecule has 0 saturated carbocycles. The van der Waals surface area contributed by atoms with Crippen LogP contribution in [0.5, 0.6) is 0 Å². The first-order chi connectivity index (χ1) is 11.8. The lowest BCUT2D eigenvalue weighted by Crippen LogP contribution is -2.43. The van der Waals surface area contributed by atoms with Crippen LogP contribution in [0, 0.1) is 22.8 Å². The molecule has 2 heteroatoms. The fourth-order valence-corrected chi connectivity index (χ4v) is 9.45. The lowest BCUT2D eigenvalue weighted by atomic mass is 10.1. The molecule has 0 aliphatic carbocycles. The van der Waals surface area contributed by atoms with Gasteiger partial charge in [0.2, 0.25) is 0 Å². The van der Waals surface area contributed by atoms with Crippen LogP contribution >= 0.6 is 0 Å². The second kappa shape index (κ2) is 13.2. The van der Waals surface area contributed by atoms with Crippen molar-refractivity contribution in [1.82, 2.24) is 0 Å². The molecule has 0 rings (SSSR count). The summed E-state index contributed by atoms with van der Waals surface area (Å²) in [5.41, 5.74) is 7.24. The second-order valence-electron chi connectivity index (χ2n) is 8.44. The van der Waals surface area contributed by atoms with Gasteiger partial charge >= 0.3 is 0 Å². The van der Waals surface area contributed by atoms with E-state index in [1.807, 2.05) is 0 Å². The first-order valence-electron chi connectivity index (χ1n) is 10.3. The summed E-state index contributed by atoms with van der Waals surface area (Å²) in [6.07, 6.45) is 11.5. The summed E-state index contributed by atoms with van der Waals surface area (Å²) in [6.45, 7) is 16.4. The van der Waals surface area contributed by atoms with E-state index in [-0.39, 0.29) is 0 Å². The van der Waals surface area contributed by atoms with Crippen molar-refractivity contribution in [3.63, 3.8) is 0 Å². The molecule has 0 unspecified atom stereocenters. The van der Waals surface area contributed by atoms with Crippen molar-refractivity contribution in [2.45, 2.75) is 116 Å². The third-order valence-electron chi connectivity index (χ3n) is 5.60. The average molecular weight is 360 g/mol. The third kappa shape index (κ3) is 8.78. The molecule has 0 aliphatic rings. The van der Waals surface area contributed by atoms with Gasteiger partial charge in [0, 0.05) is 12.5 Å². The maximum absolute atomic E-state index is 8.59. The fourth-order valence-electron chi connectivity index (χ4n) is 4.16. The van der Waals surface area contributed by atoms with Crippen molar-refractivity contribution in [3.05, 3.63) is 11.6 Å². The maximum atomic E-state index is 8.59. The summed E-state index contributed by atoms with van der Waals surface area (Å²) < 4.78 is 0. The molecule has 0 atom stereocenters. The number of nitrogens with zero attached hydrogens (tertiary/aromatic N) is 1. The first kappa shape index (κ1) is 24.0. The van der Waals surface area contributed by atoms with Crippen molar-refractivity contribution in [3.8, 4) is 17.5 Å². The van der Waals surface area contributed by atoms with Gasteiger partial charge in [0.1, 0.15) is 8.07 Å². The van der Waals surface area contributed by atoms with E-state index >= 15 is 0 Å². The molecule has 0 saturated heterocycles. The van der Waals surface area contributed by atoms with E-state index in [4.69, 9.17) is 5.26 Å². The molecule has 0 amide bonds. The highest BCUT2D eigenvalue weighted by atomic mass is 28.3. The normalized spacial score (nSPS) is 12.4. The van der Waals surface area contributed by atoms with Crippen molar-refractivity contribution < 1.29 is 0 Å². The Morgan fingerprint density at radius 2 is 1.32 bits per heavy atom. The largest absolute Gasteiger partial charge is 0.193 e. The number of hydrogen-bond acceptors (Lipinski definition) is 1. The molecule has 0 aromatic carbocycles. The van der Waals surface area contributed by atoms with Crippen LogP contribution in [0.25, 0.3) is 0 Å². The first-order valence-corrected chi connectivity index (χ1v) is 12.6. The van der Waals surface area contributed by atoms with Gasteiger partial charge < -0.3 is 0 Å². The second-order valence-corrected chi connectivity index (χ2v) is 14.0. The summed E-state index contributed by atoms with van der Waals surface area (Å²) >= 11 is 0. The SMILES string of the molecule is C/C(=C\C#N)CCCCCCCCC#C[Si](C(C)C)(C(C)C)C(C)C. The highest BCUT2D eigenvalue weighted by Crippen LogP contribution is 2.40. The van der Waals surface area contributed by atoms with Gasteiger partial charge in [-0.15, -0.1) is 11.5 Å². The molecule has 0 radical (unpaired) electrons. The molecule has 0 spiro atoms. The van der Waals surface area contributed by atoms with Crippen molar-refractivity contribution in [2.24, 2.45) is 0 Å². The van der Waals surface area contributed by atoms with E-state index in [2.05, 4.69) is 66.0 Å². The van der Waals surface area contributed by atoms with Gasteiger partial charge in [-0.25, -0.2) is 0 Å². The van der Waals surface area contributed by atoms with E-state index in [1.54, 1.807) is 6.08 Å². The smallest absolute Gasteiger partial charge is 0.145 e. The third-order valence-corrected chi connectivity index (χ3v) is 11.9. The van der Waals surface area contributed by atoms with Crippen LogP contribution in [-0.2, 0) is 0 Å². The Morgan fingerprint density at radius 1 is 0.840 bits per heavy atom. The molecule has 0 bridgehead atoms. The van der Waals surface area contributed by atoms with Crippen molar-refractivity contribution in [2.75, 3.05) is 0 Å². The molecule has 0 fully saturated rings. The highest BCUT2D eigenvalue weighted by Gasteiger charge is 2.41. The lowest BCUT2D eigenvalue weighted by molar-refractivity contribution is 0.598. The topological polar surface area (TPSA) is 23.8 Å². The number of unbranched alkanes of at least 4 members (excludes halogenated alkanes) is 6. The van der Waals surface area contributed by atoms with Gasteiger partial charge in [0.05, 0.1) is 6.07 Å². The minimum atomic E-state index is -1.52. The summed E-state index contributed by atoms with van der Waals surface area (Å²) in [4.78, 5) is 0. The van der Waals surface area contributed by atoms with Crippen LogP contribution in [-0.4, -0.2) is 8.07 Å². The Labute approximate surface area is 159 Å². The average Bonchev–Trinajstić information content (AvgIpc) is 2.51. The Balaban J connectivity index is 4.08. The van der Waals surface area contributed by atoms with Crippen LogP contribution in [0.3, 0.4) is 0 Å². The zero-order chi connectivity index (χ0) is 19.3. The zero-order valence-electron chi connectivity index (χ0n) is 17.9. The summed E-state index contributed by atoms with van der Waals surface area (Å²) in [6, 6.07) is 2.11. The molecular formula is C23H41NSi.